The molecule has 0 bridgehead atoms. The van der Waals surface area contributed by atoms with Crippen molar-refractivity contribution in [2.24, 2.45) is 5.41 Å². The van der Waals surface area contributed by atoms with E-state index in [0.29, 0.717) is 6.54 Å². The highest BCUT2D eigenvalue weighted by Gasteiger charge is 2.42. The maximum absolute atomic E-state index is 12.6. The number of ether oxygens (including phenoxy) is 1. The van der Waals surface area contributed by atoms with Gasteiger partial charge in [-0.05, 0) is 24.8 Å². The number of hydrogen-bond acceptors (Lipinski definition) is 3. The third-order valence-electron chi connectivity index (χ3n) is 5.60. The predicted octanol–water partition coefficient (Wildman–Crippen LogP) is 2.76. The Morgan fingerprint density at radius 3 is 2.52 bits per heavy atom. The van der Waals surface area contributed by atoms with Gasteiger partial charge in [0.1, 0.15) is 0 Å². The lowest BCUT2D eigenvalue weighted by molar-refractivity contribution is -0.136. The predicted molar refractivity (Wildman–Crippen MR) is 91.2 cm³/mol. The molecule has 1 aromatic carbocycles. The molecule has 1 aliphatic carbocycles. The Morgan fingerprint density at radius 2 is 1.96 bits per heavy atom. The Morgan fingerprint density at radius 1 is 1.26 bits per heavy atom. The van der Waals surface area contributed by atoms with Gasteiger partial charge in [-0.25, -0.2) is 0 Å². The highest BCUT2D eigenvalue weighted by Crippen LogP contribution is 2.44. The van der Waals surface area contributed by atoms with Crippen LogP contribution in [0.4, 0.5) is 0 Å². The Balaban J connectivity index is 1.67. The summed E-state index contributed by atoms with van der Waals surface area (Å²) in [5.41, 5.74) is 1.18. The first-order valence-corrected chi connectivity index (χ1v) is 8.90. The molecule has 0 spiro atoms. The van der Waals surface area contributed by atoms with Gasteiger partial charge in [-0.1, -0.05) is 43.7 Å². The largest absolute Gasteiger partial charge is 0.379 e. The highest BCUT2D eigenvalue weighted by molar-refractivity contribution is 5.83. The monoisotopic (exact) mass is 316 g/mol. The van der Waals surface area contributed by atoms with Gasteiger partial charge in [0.25, 0.3) is 0 Å². The zero-order chi connectivity index (χ0) is 16.1. The van der Waals surface area contributed by atoms with Crippen LogP contribution in [0.3, 0.4) is 0 Å². The molecule has 126 valence electrons. The summed E-state index contributed by atoms with van der Waals surface area (Å²) in [5, 5.41) is 3.25. The summed E-state index contributed by atoms with van der Waals surface area (Å²) in [6, 6.07) is 10.7. The molecule has 1 atom stereocenters. The first-order valence-electron chi connectivity index (χ1n) is 8.90. The molecule has 0 aromatic heterocycles. The lowest BCUT2D eigenvalue weighted by Crippen LogP contribution is -2.49. The Kier molecular flexibility index (Phi) is 5.34. The van der Waals surface area contributed by atoms with E-state index in [0.717, 1.165) is 45.6 Å². The van der Waals surface area contributed by atoms with E-state index in [9.17, 15) is 4.79 Å². The molecule has 1 N–H and O–H groups in total. The van der Waals surface area contributed by atoms with Gasteiger partial charge in [-0.3, -0.25) is 9.69 Å². The van der Waals surface area contributed by atoms with Crippen molar-refractivity contribution in [2.75, 3.05) is 32.8 Å². The molecule has 1 unspecified atom stereocenters. The second-order valence-corrected chi connectivity index (χ2v) is 6.77. The van der Waals surface area contributed by atoms with Gasteiger partial charge in [-0.2, -0.15) is 0 Å². The average molecular weight is 316 g/mol. The van der Waals surface area contributed by atoms with Gasteiger partial charge in [0, 0.05) is 25.0 Å². The second kappa shape index (κ2) is 7.45. The maximum atomic E-state index is 12.6. The van der Waals surface area contributed by atoms with Crippen LogP contribution in [0.15, 0.2) is 30.3 Å². The first-order chi connectivity index (χ1) is 11.2. The minimum Gasteiger partial charge on any atom is -0.379 e. The zero-order valence-electron chi connectivity index (χ0n) is 14.1. The van der Waals surface area contributed by atoms with E-state index >= 15 is 0 Å². The van der Waals surface area contributed by atoms with Crippen molar-refractivity contribution in [1.82, 2.24) is 10.2 Å². The molecule has 1 amide bonds. The standard InChI is InChI=1S/C19H28N2O2/c1-2-19(9-6-10-19)18(22)20-15-17(16-7-4-3-5-8-16)21-11-13-23-14-12-21/h3-5,7-8,17H,2,6,9-15H2,1H3,(H,20,22). The molecule has 0 radical (unpaired) electrons. The molecule has 4 nitrogen and oxygen atoms in total. The summed E-state index contributed by atoms with van der Waals surface area (Å²) < 4.78 is 5.48. The molecule has 3 rings (SSSR count). The van der Waals surface area contributed by atoms with Crippen LogP contribution in [-0.4, -0.2) is 43.7 Å². The van der Waals surface area contributed by atoms with Crippen LogP contribution in [0.2, 0.25) is 0 Å². The van der Waals surface area contributed by atoms with Gasteiger partial charge in [0.05, 0.1) is 19.3 Å². The molecule has 23 heavy (non-hydrogen) atoms. The molecule has 4 heteroatoms. The highest BCUT2D eigenvalue weighted by atomic mass is 16.5. The van der Waals surface area contributed by atoms with Crippen LogP contribution in [0.25, 0.3) is 0 Å². The van der Waals surface area contributed by atoms with Gasteiger partial charge < -0.3 is 10.1 Å². The van der Waals surface area contributed by atoms with Crippen molar-refractivity contribution in [3.63, 3.8) is 0 Å². The van der Waals surface area contributed by atoms with Gasteiger partial charge in [0.2, 0.25) is 5.91 Å². The average Bonchev–Trinajstić information content (AvgIpc) is 2.56. The van der Waals surface area contributed by atoms with E-state index in [4.69, 9.17) is 4.74 Å². The number of nitrogens with one attached hydrogen (secondary N) is 1. The van der Waals surface area contributed by atoms with E-state index < -0.39 is 0 Å². The molecular weight excluding hydrogens is 288 g/mol. The van der Waals surface area contributed by atoms with E-state index in [1.54, 1.807) is 0 Å². The minimum absolute atomic E-state index is 0.0910. The lowest BCUT2D eigenvalue weighted by Gasteiger charge is -2.41. The van der Waals surface area contributed by atoms with Crippen molar-refractivity contribution in [3.05, 3.63) is 35.9 Å². The molecular formula is C19H28N2O2. The minimum atomic E-state index is -0.0910. The number of carbonyl (C=O) groups excluding carboxylic acids is 1. The van der Waals surface area contributed by atoms with Crippen LogP contribution in [0.1, 0.15) is 44.2 Å². The van der Waals surface area contributed by atoms with E-state index in [1.165, 1.54) is 12.0 Å². The Hall–Kier alpha value is -1.39. The molecule has 1 saturated carbocycles. The van der Waals surface area contributed by atoms with Crippen molar-refractivity contribution in [2.45, 2.75) is 38.6 Å². The van der Waals surface area contributed by atoms with Crippen LogP contribution in [0.5, 0.6) is 0 Å². The van der Waals surface area contributed by atoms with Crippen LogP contribution >= 0.6 is 0 Å². The maximum Gasteiger partial charge on any atom is 0.226 e. The van der Waals surface area contributed by atoms with Gasteiger partial charge in [0.15, 0.2) is 0 Å². The van der Waals surface area contributed by atoms with Crippen LogP contribution < -0.4 is 5.32 Å². The third kappa shape index (κ3) is 3.59. The number of amides is 1. The normalized spacial score (nSPS) is 22.1. The summed E-state index contributed by atoms with van der Waals surface area (Å²) in [4.78, 5) is 15.1. The third-order valence-corrected chi connectivity index (χ3v) is 5.60. The van der Waals surface area contributed by atoms with Crippen LogP contribution in [0, 0.1) is 5.41 Å². The first kappa shape index (κ1) is 16.5. The molecule has 1 saturated heterocycles. The molecule has 1 heterocycles. The summed E-state index contributed by atoms with van der Waals surface area (Å²) in [6.07, 6.45) is 4.23. The van der Waals surface area contributed by atoms with Crippen molar-refractivity contribution in [1.29, 1.82) is 0 Å². The SMILES string of the molecule is CCC1(C(=O)NCC(c2ccccc2)N2CCOCC2)CCC1. The van der Waals surface area contributed by atoms with Gasteiger partial charge in [-0.15, -0.1) is 0 Å². The summed E-state index contributed by atoms with van der Waals surface area (Å²) >= 11 is 0. The fraction of sp³-hybridized carbons (Fsp3) is 0.632. The number of carbonyl (C=O) groups is 1. The van der Waals surface area contributed by atoms with Crippen LogP contribution in [-0.2, 0) is 9.53 Å². The number of rotatable bonds is 6. The fourth-order valence-electron chi connectivity index (χ4n) is 3.74. The Bertz CT molecular complexity index is 502. The van der Waals surface area contributed by atoms with Crippen molar-refractivity contribution >= 4 is 5.91 Å². The quantitative estimate of drug-likeness (QED) is 0.877. The fourth-order valence-corrected chi connectivity index (χ4v) is 3.74. The summed E-state index contributed by atoms with van der Waals surface area (Å²) in [6.45, 7) is 6.22. The number of hydrogen-bond donors (Lipinski definition) is 1. The summed E-state index contributed by atoms with van der Waals surface area (Å²) in [7, 11) is 0. The van der Waals surface area contributed by atoms with E-state index in [1.807, 2.05) is 6.07 Å². The van der Waals surface area contributed by atoms with E-state index in [2.05, 4.69) is 41.4 Å². The molecule has 1 aliphatic heterocycles. The topological polar surface area (TPSA) is 41.6 Å². The summed E-state index contributed by atoms with van der Waals surface area (Å²) in [5.74, 6) is 0.250. The molecule has 2 fully saturated rings. The number of morpholine rings is 1. The van der Waals surface area contributed by atoms with E-state index in [-0.39, 0.29) is 17.4 Å². The van der Waals surface area contributed by atoms with Crippen molar-refractivity contribution < 1.29 is 9.53 Å². The van der Waals surface area contributed by atoms with Gasteiger partial charge >= 0.3 is 0 Å². The zero-order valence-corrected chi connectivity index (χ0v) is 14.1. The lowest BCUT2D eigenvalue weighted by atomic mass is 9.66. The molecule has 1 aromatic rings. The second-order valence-electron chi connectivity index (χ2n) is 6.77. The van der Waals surface area contributed by atoms with Crippen molar-refractivity contribution in [3.8, 4) is 0 Å². The number of nitrogens with zero attached hydrogens (tertiary/aromatic N) is 1. The smallest absolute Gasteiger partial charge is 0.226 e. The number of benzene rings is 1. The Labute approximate surface area is 139 Å². The molecule has 2 aliphatic rings.